The minimum Gasteiger partial charge on any atom is -0.494 e. The zero-order valence-electron chi connectivity index (χ0n) is 11.2. The summed E-state index contributed by atoms with van der Waals surface area (Å²) in [7, 11) is 3.02. The van der Waals surface area contributed by atoms with Crippen molar-refractivity contribution in [2.24, 2.45) is 11.8 Å². The van der Waals surface area contributed by atoms with Crippen LogP contribution in [0, 0.1) is 11.7 Å². The van der Waals surface area contributed by atoms with Crippen LogP contribution in [0.1, 0.15) is 25.5 Å². The fourth-order valence-electron chi connectivity index (χ4n) is 2.08. The molecular formula is C13H21FN2O2. The Morgan fingerprint density at radius 2 is 1.94 bits per heavy atom. The molecule has 5 heteroatoms. The van der Waals surface area contributed by atoms with E-state index in [9.17, 15) is 4.39 Å². The molecule has 4 nitrogen and oxygen atoms in total. The van der Waals surface area contributed by atoms with Gasteiger partial charge in [0.2, 0.25) is 0 Å². The van der Waals surface area contributed by atoms with Gasteiger partial charge < -0.3 is 9.47 Å². The number of rotatable bonds is 6. The number of methoxy groups -OCH3 is 2. The zero-order valence-corrected chi connectivity index (χ0v) is 11.2. The molecule has 102 valence electrons. The number of nitrogens with two attached hydrogens (primary N) is 1. The lowest BCUT2D eigenvalue weighted by Gasteiger charge is -2.29. The highest BCUT2D eigenvalue weighted by molar-refractivity contribution is 5.33. The van der Waals surface area contributed by atoms with Gasteiger partial charge in [-0.2, -0.15) is 0 Å². The van der Waals surface area contributed by atoms with Crippen LogP contribution in [0.15, 0.2) is 18.2 Å². The second kappa shape index (κ2) is 6.68. The van der Waals surface area contributed by atoms with Crippen molar-refractivity contribution >= 4 is 0 Å². The van der Waals surface area contributed by atoms with Crippen LogP contribution < -0.4 is 16.0 Å². The van der Waals surface area contributed by atoms with E-state index in [1.54, 1.807) is 25.3 Å². The van der Waals surface area contributed by atoms with Crippen molar-refractivity contribution in [3.05, 3.63) is 29.6 Å². The smallest absolute Gasteiger partial charge is 0.169 e. The fourth-order valence-corrected chi connectivity index (χ4v) is 2.08. The first-order valence-electron chi connectivity index (χ1n) is 5.88. The minimum atomic E-state index is -0.426. The van der Waals surface area contributed by atoms with Gasteiger partial charge in [-0.3, -0.25) is 11.3 Å². The first-order chi connectivity index (χ1) is 8.56. The third-order valence-electron chi connectivity index (χ3n) is 2.99. The molecule has 3 N–H and O–H groups in total. The molecule has 0 aromatic heterocycles. The Labute approximate surface area is 107 Å². The Kier molecular flexibility index (Phi) is 5.53. The van der Waals surface area contributed by atoms with E-state index in [0.29, 0.717) is 5.56 Å². The molecule has 0 radical (unpaired) electrons. The number of nitrogens with one attached hydrogen (secondary N) is 1. The monoisotopic (exact) mass is 256 g/mol. The molecule has 1 aromatic carbocycles. The quantitative estimate of drug-likeness (QED) is 0.604. The Balaban J connectivity index is 3.16. The molecule has 0 bridgehead atoms. The Morgan fingerprint density at radius 1 is 1.28 bits per heavy atom. The fraction of sp³-hybridized carbons (Fsp3) is 0.538. The number of ether oxygens (including phenoxy) is 2. The summed E-state index contributed by atoms with van der Waals surface area (Å²) < 4.78 is 24.6. The van der Waals surface area contributed by atoms with E-state index < -0.39 is 11.9 Å². The van der Waals surface area contributed by atoms with Crippen LogP contribution in [0.3, 0.4) is 0 Å². The molecular weight excluding hydrogens is 235 g/mol. The molecule has 0 aliphatic rings. The highest BCUT2D eigenvalue weighted by Gasteiger charge is 2.28. The highest BCUT2D eigenvalue weighted by Crippen LogP contribution is 2.29. The van der Waals surface area contributed by atoms with E-state index in [-0.39, 0.29) is 17.8 Å². The number of hydrogen-bond donors (Lipinski definition) is 2. The van der Waals surface area contributed by atoms with Crippen molar-refractivity contribution in [3.8, 4) is 5.75 Å². The van der Waals surface area contributed by atoms with Crippen LogP contribution in [-0.2, 0) is 4.74 Å². The van der Waals surface area contributed by atoms with Gasteiger partial charge in [0, 0.05) is 12.7 Å². The van der Waals surface area contributed by atoms with Crippen molar-refractivity contribution in [1.29, 1.82) is 0 Å². The first kappa shape index (κ1) is 14.9. The Bertz CT molecular complexity index is 385. The molecule has 1 aromatic rings. The molecule has 2 atom stereocenters. The summed E-state index contributed by atoms with van der Waals surface area (Å²) in [5.74, 6) is 5.53. The lowest BCUT2D eigenvalue weighted by atomic mass is 9.93. The maximum atomic E-state index is 14.2. The maximum absolute atomic E-state index is 14.2. The summed E-state index contributed by atoms with van der Waals surface area (Å²) in [6.07, 6.45) is -0.225. The third kappa shape index (κ3) is 2.98. The molecule has 0 heterocycles. The molecule has 0 aliphatic heterocycles. The van der Waals surface area contributed by atoms with E-state index in [0.717, 1.165) is 0 Å². The normalized spacial score (nSPS) is 14.6. The van der Waals surface area contributed by atoms with Gasteiger partial charge in [0.1, 0.15) is 0 Å². The molecule has 0 spiro atoms. The molecule has 0 amide bonds. The van der Waals surface area contributed by atoms with Crippen LogP contribution in [0.2, 0.25) is 0 Å². The second-order valence-corrected chi connectivity index (χ2v) is 4.45. The van der Waals surface area contributed by atoms with Gasteiger partial charge in [0.15, 0.2) is 11.6 Å². The van der Waals surface area contributed by atoms with Gasteiger partial charge >= 0.3 is 0 Å². The minimum absolute atomic E-state index is 0.196. The predicted molar refractivity (Wildman–Crippen MR) is 68.7 cm³/mol. The largest absolute Gasteiger partial charge is 0.494 e. The van der Waals surface area contributed by atoms with Gasteiger partial charge in [-0.25, -0.2) is 4.39 Å². The van der Waals surface area contributed by atoms with Crippen molar-refractivity contribution in [1.82, 2.24) is 5.43 Å². The van der Waals surface area contributed by atoms with Gasteiger partial charge in [-0.05, 0) is 12.0 Å². The molecule has 0 saturated heterocycles. The lowest BCUT2D eigenvalue weighted by molar-refractivity contribution is 0.0315. The number of hydrazine groups is 1. The summed E-state index contributed by atoms with van der Waals surface area (Å²) in [6, 6.07) is 4.56. The number of halogens is 1. The van der Waals surface area contributed by atoms with Crippen molar-refractivity contribution in [2.75, 3.05) is 14.2 Å². The SMILES string of the molecule is COc1cccc(C(NN)C(OC)C(C)C)c1F. The van der Waals surface area contributed by atoms with Gasteiger partial charge in [0.05, 0.1) is 19.3 Å². The van der Waals surface area contributed by atoms with E-state index in [1.807, 2.05) is 13.8 Å². The van der Waals surface area contributed by atoms with Crippen LogP contribution >= 0.6 is 0 Å². The summed E-state index contributed by atoms with van der Waals surface area (Å²) in [4.78, 5) is 0. The van der Waals surface area contributed by atoms with Gasteiger partial charge in [-0.15, -0.1) is 0 Å². The van der Waals surface area contributed by atoms with Crippen molar-refractivity contribution < 1.29 is 13.9 Å². The Morgan fingerprint density at radius 3 is 2.39 bits per heavy atom. The maximum Gasteiger partial charge on any atom is 0.169 e. The van der Waals surface area contributed by atoms with Crippen LogP contribution in [0.25, 0.3) is 0 Å². The molecule has 18 heavy (non-hydrogen) atoms. The summed E-state index contributed by atoms with van der Waals surface area (Å²) >= 11 is 0. The average Bonchev–Trinajstić information content (AvgIpc) is 2.36. The summed E-state index contributed by atoms with van der Waals surface area (Å²) in [6.45, 7) is 3.99. The van der Waals surface area contributed by atoms with Gasteiger partial charge in [-0.1, -0.05) is 26.0 Å². The average molecular weight is 256 g/mol. The molecule has 0 aliphatic carbocycles. The molecule has 1 rings (SSSR count). The van der Waals surface area contributed by atoms with E-state index >= 15 is 0 Å². The van der Waals surface area contributed by atoms with Crippen molar-refractivity contribution in [2.45, 2.75) is 26.0 Å². The zero-order chi connectivity index (χ0) is 13.7. The summed E-state index contributed by atoms with van der Waals surface area (Å²) in [5.41, 5.74) is 3.06. The van der Waals surface area contributed by atoms with Crippen molar-refractivity contribution in [3.63, 3.8) is 0 Å². The standard InChI is InChI=1S/C13H21FN2O2/c1-8(2)13(18-4)12(16-15)9-6-5-7-10(17-3)11(9)14/h5-8,12-13,16H,15H2,1-4H3. The second-order valence-electron chi connectivity index (χ2n) is 4.45. The molecule has 2 unspecified atom stereocenters. The van der Waals surface area contributed by atoms with E-state index in [4.69, 9.17) is 15.3 Å². The number of hydrogen-bond acceptors (Lipinski definition) is 4. The van der Waals surface area contributed by atoms with Gasteiger partial charge in [0.25, 0.3) is 0 Å². The molecule has 0 fully saturated rings. The van der Waals surface area contributed by atoms with Crippen LogP contribution in [0.4, 0.5) is 4.39 Å². The van der Waals surface area contributed by atoms with Crippen LogP contribution in [0.5, 0.6) is 5.75 Å². The van der Waals surface area contributed by atoms with E-state index in [1.165, 1.54) is 7.11 Å². The summed E-state index contributed by atoms with van der Waals surface area (Å²) in [5, 5.41) is 0. The van der Waals surface area contributed by atoms with E-state index in [2.05, 4.69) is 5.43 Å². The highest BCUT2D eigenvalue weighted by atomic mass is 19.1. The topological polar surface area (TPSA) is 56.5 Å². The number of benzene rings is 1. The lowest BCUT2D eigenvalue weighted by Crippen LogP contribution is -2.40. The molecule has 0 saturated carbocycles. The Hall–Kier alpha value is -1.17. The first-order valence-corrected chi connectivity index (χ1v) is 5.88. The predicted octanol–water partition coefficient (Wildman–Crippen LogP) is 2.01. The third-order valence-corrected chi connectivity index (χ3v) is 2.99. The van der Waals surface area contributed by atoms with Crippen LogP contribution in [-0.4, -0.2) is 20.3 Å².